The van der Waals surface area contributed by atoms with E-state index in [2.05, 4.69) is 0 Å². The van der Waals surface area contributed by atoms with Gasteiger partial charge in [0.15, 0.2) is 0 Å². The minimum absolute atomic E-state index is 0.0833. The van der Waals surface area contributed by atoms with Gasteiger partial charge in [-0.2, -0.15) is 4.39 Å². The molecule has 0 bridgehead atoms. The quantitative estimate of drug-likeness (QED) is 0.668. The Morgan fingerprint density at radius 1 is 1.17 bits per heavy atom. The van der Waals surface area contributed by atoms with Gasteiger partial charge in [0, 0.05) is 5.02 Å². The maximum absolute atomic E-state index is 12.2. The van der Waals surface area contributed by atoms with E-state index in [0.717, 1.165) is 0 Å². The van der Waals surface area contributed by atoms with E-state index in [4.69, 9.17) is 34.8 Å². The average molecular weight is 227 g/mol. The molecule has 12 heavy (non-hydrogen) atoms. The second-order valence-corrected chi connectivity index (χ2v) is 3.27. The topological polar surface area (TPSA) is 17.1 Å². The van der Waals surface area contributed by atoms with Crippen LogP contribution in [0.15, 0.2) is 12.1 Å². The summed E-state index contributed by atoms with van der Waals surface area (Å²) in [6.07, 6.45) is 0. The van der Waals surface area contributed by atoms with Gasteiger partial charge in [-0.1, -0.05) is 34.8 Å². The van der Waals surface area contributed by atoms with Crippen molar-refractivity contribution in [2.75, 3.05) is 0 Å². The van der Waals surface area contributed by atoms with Crippen LogP contribution in [0.3, 0.4) is 0 Å². The molecule has 0 aromatic heterocycles. The fraction of sp³-hybridized carbons (Fsp3) is 0. The summed E-state index contributed by atoms with van der Waals surface area (Å²) in [5.74, 6) is 0. The molecule has 1 nitrogen and oxygen atoms in total. The molecule has 64 valence electrons. The monoisotopic (exact) mass is 226 g/mol. The van der Waals surface area contributed by atoms with E-state index in [1.807, 2.05) is 0 Å². The number of hydrogen-bond acceptors (Lipinski definition) is 1. The summed E-state index contributed by atoms with van der Waals surface area (Å²) in [7, 11) is 0. The molecule has 0 unspecified atom stereocenters. The lowest BCUT2D eigenvalue weighted by atomic mass is 10.2. The van der Waals surface area contributed by atoms with E-state index in [1.54, 1.807) is 0 Å². The summed E-state index contributed by atoms with van der Waals surface area (Å²) in [6, 6.07) is 0.838. The average Bonchev–Trinajstić information content (AvgIpc) is 1.82. The van der Waals surface area contributed by atoms with Crippen LogP contribution >= 0.6 is 34.8 Å². The van der Waals surface area contributed by atoms with Gasteiger partial charge in [-0.25, -0.2) is 0 Å². The molecule has 0 amide bonds. The van der Waals surface area contributed by atoms with Gasteiger partial charge in [0.05, 0.1) is 15.6 Å². The predicted molar refractivity (Wildman–Crippen MR) is 46.9 cm³/mol. The van der Waals surface area contributed by atoms with Crippen molar-refractivity contribution in [1.82, 2.24) is 0 Å². The minimum Gasteiger partial charge on any atom is -0.255 e. The van der Waals surface area contributed by atoms with Gasteiger partial charge in [0.1, 0.15) is 0 Å². The molecule has 0 aliphatic rings. The van der Waals surface area contributed by atoms with E-state index in [0.29, 0.717) is 0 Å². The fourth-order valence-electron chi connectivity index (χ4n) is 0.730. The molecule has 0 saturated carbocycles. The zero-order chi connectivity index (χ0) is 9.30. The number of benzene rings is 1. The highest BCUT2D eigenvalue weighted by Crippen LogP contribution is 2.29. The number of carbonyl (C=O) groups is 1. The highest BCUT2D eigenvalue weighted by atomic mass is 35.5. The lowest BCUT2D eigenvalue weighted by molar-refractivity contribution is 0.0836. The highest BCUT2D eigenvalue weighted by Gasteiger charge is 2.14. The third-order valence-electron chi connectivity index (χ3n) is 1.20. The predicted octanol–water partition coefficient (Wildman–Crippen LogP) is 3.76. The van der Waals surface area contributed by atoms with Crippen molar-refractivity contribution in [1.29, 1.82) is 0 Å². The number of rotatable bonds is 1. The lowest BCUT2D eigenvalue weighted by Crippen LogP contribution is -1.92. The van der Waals surface area contributed by atoms with Gasteiger partial charge in [0.25, 0.3) is 0 Å². The molecule has 0 N–H and O–H groups in total. The molecule has 1 aromatic carbocycles. The van der Waals surface area contributed by atoms with Gasteiger partial charge in [-0.05, 0) is 12.1 Å². The van der Waals surface area contributed by atoms with Gasteiger partial charge < -0.3 is 0 Å². The van der Waals surface area contributed by atoms with Crippen molar-refractivity contribution < 1.29 is 9.18 Å². The SMILES string of the molecule is O=C(F)c1c(Cl)cc(Cl)cc1Cl. The van der Waals surface area contributed by atoms with Crippen LogP contribution in [0.25, 0.3) is 0 Å². The molecule has 0 saturated heterocycles. The largest absolute Gasteiger partial charge is 0.335 e. The Bertz CT molecular complexity index is 314. The lowest BCUT2D eigenvalue weighted by Gasteiger charge is -2.00. The van der Waals surface area contributed by atoms with Gasteiger partial charge in [0.2, 0.25) is 0 Å². The highest BCUT2D eigenvalue weighted by molar-refractivity contribution is 6.41. The van der Waals surface area contributed by atoms with Crippen LogP contribution in [-0.2, 0) is 0 Å². The summed E-state index contributed by atoms with van der Waals surface area (Å²) >= 11 is 16.5. The molecule has 0 spiro atoms. The van der Waals surface area contributed by atoms with Crippen LogP contribution in [0.1, 0.15) is 10.4 Å². The molecule has 0 aliphatic carbocycles. The van der Waals surface area contributed by atoms with Crippen LogP contribution < -0.4 is 0 Å². The molecular formula is C7H2Cl3FO. The third-order valence-corrected chi connectivity index (χ3v) is 2.02. The first-order chi connectivity index (χ1) is 5.52. The van der Waals surface area contributed by atoms with Gasteiger partial charge in [-0.3, -0.25) is 4.79 Å². The normalized spacial score (nSPS) is 10.0. The maximum atomic E-state index is 12.2. The van der Waals surface area contributed by atoms with E-state index < -0.39 is 6.04 Å². The van der Waals surface area contributed by atoms with Gasteiger partial charge >= 0.3 is 6.04 Å². The Labute approximate surface area is 83.0 Å². The first-order valence-corrected chi connectivity index (χ1v) is 4.00. The van der Waals surface area contributed by atoms with E-state index >= 15 is 0 Å². The Kier molecular flexibility index (Phi) is 2.94. The Balaban J connectivity index is 3.38. The first-order valence-electron chi connectivity index (χ1n) is 2.86. The number of halogens is 4. The number of hydrogen-bond donors (Lipinski definition) is 0. The Morgan fingerprint density at radius 2 is 1.58 bits per heavy atom. The van der Waals surface area contributed by atoms with E-state index in [-0.39, 0.29) is 20.6 Å². The zero-order valence-electron chi connectivity index (χ0n) is 5.57. The Hall–Kier alpha value is -0.310. The van der Waals surface area contributed by atoms with Gasteiger partial charge in [-0.15, -0.1) is 0 Å². The molecule has 0 fully saturated rings. The first kappa shape index (κ1) is 9.78. The van der Waals surface area contributed by atoms with Crippen molar-refractivity contribution in [2.45, 2.75) is 0 Å². The van der Waals surface area contributed by atoms with Crippen molar-refractivity contribution >= 4 is 40.8 Å². The molecular weight excluding hydrogens is 225 g/mol. The van der Waals surface area contributed by atoms with Crippen molar-refractivity contribution in [3.63, 3.8) is 0 Å². The summed E-state index contributed by atoms with van der Waals surface area (Å²) in [5, 5.41) is 0.0926. The standard InChI is InChI=1S/C7H2Cl3FO/c8-3-1-4(9)6(7(11)12)5(10)2-3/h1-2H. The summed E-state index contributed by atoms with van der Waals surface area (Å²) < 4.78 is 12.2. The summed E-state index contributed by atoms with van der Waals surface area (Å²) in [6.45, 7) is 0. The van der Waals surface area contributed by atoms with Crippen LogP contribution in [-0.4, -0.2) is 6.04 Å². The summed E-state index contributed by atoms with van der Waals surface area (Å²) in [5.41, 5.74) is -0.345. The molecule has 1 rings (SSSR count). The fourth-order valence-corrected chi connectivity index (χ4v) is 1.70. The van der Waals surface area contributed by atoms with Crippen molar-refractivity contribution in [2.24, 2.45) is 0 Å². The minimum atomic E-state index is -1.67. The molecule has 1 aromatic rings. The van der Waals surface area contributed by atoms with Crippen LogP contribution in [0.5, 0.6) is 0 Å². The van der Waals surface area contributed by atoms with Crippen molar-refractivity contribution in [3.05, 3.63) is 32.8 Å². The molecule has 5 heteroatoms. The smallest absolute Gasteiger partial charge is 0.255 e. The molecule has 0 heterocycles. The maximum Gasteiger partial charge on any atom is 0.335 e. The Morgan fingerprint density at radius 3 is 1.92 bits per heavy atom. The third kappa shape index (κ3) is 1.89. The van der Waals surface area contributed by atoms with Crippen molar-refractivity contribution in [3.8, 4) is 0 Å². The van der Waals surface area contributed by atoms with Crippen LogP contribution in [0.2, 0.25) is 15.1 Å². The molecule has 0 radical (unpaired) electrons. The van der Waals surface area contributed by atoms with E-state index in [1.165, 1.54) is 12.1 Å². The second-order valence-electron chi connectivity index (χ2n) is 2.02. The zero-order valence-corrected chi connectivity index (χ0v) is 7.84. The van der Waals surface area contributed by atoms with Crippen LogP contribution in [0, 0.1) is 0 Å². The molecule has 0 atom stereocenters. The number of carbonyl (C=O) groups excluding carboxylic acids is 1. The van der Waals surface area contributed by atoms with Crippen LogP contribution in [0.4, 0.5) is 4.39 Å². The molecule has 0 aliphatic heterocycles. The van der Waals surface area contributed by atoms with E-state index in [9.17, 15) is 9.18 Å². The second kappa shape index (κ2) is 3.60. The summed E-state index contributed by atoms with van der Waals surface area (Å²) in [4.78, 5) is 10.3.